The summed E-state index contributed by atoms with van der Waals surface area (Å²) in [7, 11) is 1.49. The van der Waals surface area contributed by atoms with Crippen LogP contribution in [0.1, 0.15) is 20.3 Å². The fraction of sp³-hybridized carbons (Fsp3) is 1.00. The molecule has 0 aromatic rings. The fourth-order valence-corrected chi connectivity index (χ4v) is 4.27. The lowest BCUT2D eigenvalue weighted by molar-refractivity contribution is 0.397. The van der Waals surface area contributed by atoms with Gasteiger partial charge in [0.2, 0.25) is 0 Å². The van der Waals surface area contributed by atoms with Crippen LogP contribution in [-0.4, -0.2) is 19.4 Å². The topological polar surface area (TPSA) is 9.23 Å². The molecule has 10 heavy (non-hydrogen) atoms. The SMILES string of the molecule is CO[PH+]1C[C@H](C)C[C@H](C)C1. The monoisotopic (exact) mass is 161 g/mol. The van der Waals surface area contributed by atoms with Crippen LogP contribution in [-0.2, 0) is 4.52 Å². The van der Waals surface area contributed by atoms with E-state index in [0.717, 1.165) is 11.8 Å². The zero-order valence-electron chi connectivity index (χ0n) is 7.18. The Morgan fingerprint density at radius 3 is 2.10 bits per heavy atom. The highest BCUT2D eigenvalue weighted by molar-refractivity contribution is 7.52. The molecule has 0 radical (unpaired) electrons. The summed E-state index contributed by atoms with van der Waals surface area (Å²) in [5, 5.41) is 0. The molecule has 60 valence electrons. The first-order chi connectivity index (χ1) is 4.72. The van der Waals surface area contributed by atoms with Crippen LogP contribution in [0, 0.1) is 11.8 Å². The van der Waals surface area contributed by atoms with Crippen molar-refractivity contribution in [1.82, 2.24) is 0 Å². The second kappa shape index (κ2) is 3.69. The minimum atomic E-state index is -0.385. The molecule has 0 amide bonds. The summed E-state index contributed by atoms with van der Waals surface area (Å²) >= 11 is 0. The second-order valence-corrected chi connectivity index (χ2v) is 5.90. The van der Waals surface area contributed by atoms with Gasteiger partial charge < -0.3 is 0 Å². The van der Waals surface area contributed by atoms with Crippen LogP contribution in [0.25, 0.3) is 0 Å². The van der Waals surface area contributed by atoms with E-state index in [1.807, 2.05) is 7.11 Å². The van der Waals surface area contributed by atoms with Gasteiger partial charge in [0.05, 0.1) is 19.4 Å². The van der Waals surface area contributed by atoms with Crippen molar-refractivity contribution in [3.8, 4) is 0 Å². The van der Waals surface area contributed by atoms with Crippen LogP contribution >= 0.6 is 8.15 Å². The van der Waals surface area contributed by atoms with Crippen molar-refractivity contribution in [2.75, 3.05) is 19.4 Å². The molecule has 0 aliphatic carbocycles. The molecule has 1 heterocycles. The molecule has 0 spiro atoms. The molecule has 1 rings (SSSR count). The first-order valence-corrected chi connectivity index (χ1v) is 5.93. The van der Waals surface area contributed by atoms with Crippen molar-refractivity contribution in [3.05, 3.63) is 0 Å². The highest BCUT2D eigenvalue weighted by atomic mass is 31.1. The van der Waals surface area contributed by atoms with E-state index in [4.69, 9.17) is 4.52 Å². The van der Waals surface area contributed by atoms with E-state index in [0.29, 0.717) is 0 Å². The maximum atomic E-state index is 5.43. The van der Waals surface area contributed by atoms with Gasteiger partial charge in [-0.3, -0.25) is 0 Å². The molecule has 2 heteroatoms. The van der Waals surface area contributed by atoms with E-state index < -0.39 is 0 Å². The average Bonchev–Trinajstić information content (AvgIpc) is 1.85. The van der Waals surface area contributed by atoms with E-state index in [1.54, 1.807) is 0 Å². The van der Waals surface area contributed by atoms with Gasteiger partial charge in [-0.25, -0.2) is 4.52 Å². The third-order valence-corrected chi connectivity index (χ3v) is 5.13. The normalized spacial score (nSPS) is 41.7. The van der Waals surface area contributed by atoms with Gasteiger partial charge in [-0.2, -0.15) is 0 Å². The molecular formula is C8H18OP+. The van der Waals surface area contributed by atoms with Gasteiger partial charge in [-0.05, 0) is 18.3 Å². The first kappa shape index (κ1) is 8.49. The third-order valence-electron chi connectivity index (χ3n) is 2.25. The van der Waals surface area contributed by atoms with Crippen LogP contribution in [0.5, 0.6) is 0 Å². The summed E-state index contributed by atoms with van der Waals surface area (Å²) in [5.74, 6) is 1.83. The summed E-state index contributed by atoms with van der Waals surface area (Å²) in [4.78, 5) is 0. The minimum absolute atomic E-state index is 0.385. The lowest BCUT2D eigenvalue weighted by Gasteiger charge is -2.23. The Morgan fingerprint density at radius 1 is 1.20 bits per heavy atom. The molecule has 0 bridgehead atoms. The Hall–Kier alpha value is 0.390. The molecule has 1 nitrogen and oxygen atoms in total. The summed E-state index contributed by atoms with van der Waals surface area (Å²) < 4.78 is 5.43. The number of hydrogen-bond donors (Lipinski definition) is 0. The quantitative estimate of drug-likeness (QED) is 0.537. The predicted molar refractivity (Wildman–Crippen MR) is 48.0 cm³/mol. The molecule has 0 saturated carbocycles. The van der Waals surface area contributed by atoms with Gasteiger partial charge in [-0.15, -0.1) is 0 Å². The standard InChI is InChI=1S/C8H17OP/c1-7-4-8(2)6-10(5-7)9-3/h7-8H,4-6H2,1-3H3/p+1/t7-,8+,10?. The molecule has 3 atom stereocenters. The second-order valence-electron chi connectivity index (χ2n) is 3.60. The highest BCUT2D eigenvalue weighted by Crippen LogP contribution is 2.45. The Bertz CT molecular complexity index is 95.4. The maximum Gasteiger partial charge on any atom is 0.133 e. The summed E-state index contributed by atoms with van der Waals surface area (Å²) in [6.07, 6.45) is 4.15. The molecule has 1 aliphatic heterocycles. The molecule has 1 fully saturated rings. The van der Waals surface area contributed by atoms with E-state index in [-0.39, 0.29) is 8.15 Å². The summed E-state index contributed by atoms with van der Waals surface area (Å²) in [5.41, 5.74) is 0. The molecular weight excluding hydrogens is 143 g/mol. The summed E-state index contributed by atoms with van der Waals surface area (Å²) in [6, 6.07) is 0. The molecule has 1 aliphatic rings. The molecule has 0 N–H and O–H groups in total. The smallest absolute Gasteiger partial charge is 0.133 e. The van der Waals surface area contributed by atoms with Crippen LogP contribution in [0.4, 0.5) is 0 Å². The van der Waals surface area contributed by atoms with Crippen molar-refractivity contribution >= 4 is 8.15 Å². The lowest BCUT2D eigenvalue weighted by atomic mass is 10.00. The average molecular weight is 161 g/mol. The van der Waals surface area contributed by atoms with E-state index >= 15 is 0 Å². The zero-order chi connectivity index (χ0) is 7.56. The number of hydrogen-bond acceptors (Lipinski definition) is 1. The van der Waals surface area contributed by atoms with Gasteiger partial charge >= 0.3 is 0 Å². The van der Waals surface area contributed by atoms with Crippen molar-refractivity contribution < 1.29 is 4.52 Å². The Labute approximate surface area is 65.0 Å². The minimum Gasteiger partial charge on any atom is -0.244 e. The van der Waals surface area contributed by atoms with E-state index in [1.165, 1.54) is 18.7 Å². The van der Waals surface area contributed by atoms with Gasteiger partial charge in [-0.1, -0.05) is 13.8 Å². The van der Waals surface area contributed by atoms with Gasteiger partial charge in [0.15, 0.2) is 0 Å². The van der Waals surface area contributed by atoms with Crippen molar-refractivity contribution in [1.29, 1.82) is 0 Å². The van der Waals surface area contributed by atoms with Gasteiger partial charge in [0, 0.05) is 0 Å². The van der Waals surface area contributed by atoms with Crippen molar-refractivity contribution in [2.45, 2.75) is 20.3 Å². The maximum absolute atomic E-state index is 5.43. The Morgan fingerprint density at radius 2 is 1.70 bits per heavy atom. The zero-order valence-corrected chi connectivity index (χ0v) is 8.18. The van der Waals surface area contributed by atoms with Crippen molar-refractivity contribution in [3.63, 3.8) is 0 Å². The van der Waals surface area contributed by atoms with E-state index in [9.17, 15) is 0 Å². The fourth-order valence-electron chi connectivity index (χ4n) is 1.88. The highest BCUT2D eigenvalue weighted by Gasteiger charge is 2.29. The summed E-state index contributed by atoms with van der Waals surface area (Å²) in [6.45, 7) is 4.69. The molecule has 1 saturated heterocycles. The Kier molecular flexibility index (Phi) is 3.13. The van der Waals surface area contributed by atoms with Crippen LogP contribution in [0.15, 0.2) is 0 Å². The van der Waals surface area contributed by atoms with Crippen LogP contribution in [0.3, 0.4) is 0 Å². The van der Waals surface area contributed by atoms with Gasteiger partial charge in [0.1, 0.15) is 8.15 Å². The lowest BCUT2D eigenvalue weighted by Crippen LogP contribution is -2.17. The Balaban J connectivity index is 2.35. The van der Waals surface area contributed by atoms with Crippen molar-refractivity contribution in [2.24, 2.45) is 11.8 Å². The van der Waals surface area contributed by atoms with Crippen LogP contribution in [0.2, 0.25) is 0 Å². The molecule has 0 aromatic heterocycles. The molecule has 1 unspecified atom stereocenters. The van der Waals surface area contributed by atoms with Gasteiger partial charge in [0.25, 0.3) is 0 Å². The van der Waals surface area contributed by atoms with Crippen LogP contribution < -0.4 is 0 Å². The largest absolute Gasteiger partial charge is 0.244 e. The van der Waals surface area contributed by atoms with E-state index in [2.05, 4.69) is 13.8 Å². The molecule has 0 aromatic carbocycles. The number of rotatable bonds is 1. The first-order valence-electron chi connectivity index (χ1n) is 4.11. The predicted octanol–water partition coefficient (Wildman–Crippen LogP) is 2.44. The third kappa shape index (κ3) is 2.21.